The Morgan fingerprint density at radius 2 is 1.76 bits per heavy atom. The third-order valence-electron chi connectivity index (χ3n) is 5.02. The van der Waals surface area contributed by atoms with Gasteiger partial charge in [-0.2, -0.15) is 13.2 Å². The van der Waals surface area contributed by atoms with E-state index in [9.17, 15) is 18.0 Å². The first-order valence-corrected chi connectivity index (χ1v) is 10.6. The van der Waals surface area contributed by atoms with E-state index in [1.165, 1.54) is 17.0 Å². The van der Waals surface area contributed by atoms with E-state index in [2.05, 4.69) is 15.6 Å². The van der Waals surface area contributed by atoms with Crippen molar-refractivity contribution in [1.82, 2.24) is 15.5 Å². The quantitative estimate of drug-likeness (QED) is 0.256. The largest absolute Gasteiger partial charge is 0.416 e. The van der Waals surface area contributed by atoms with Crippen molar-refractivity contribution in [1.29, 1.82) is 0 Å². The molecule has 5 nitrogen and oxygen atoms in total. The standard InChI is InChI=1S/C24H31F3N4O.HI/c1-5-28-23(30-16-18-9-11-19(12-10-18)22(32)31(3)4)29-14-13-17(2)20-7-6-8-21(15-20)24(25,26)27;/h6-12,15,17H,5,13-14,16H2,1-4H3,(H2,28,29,30);1H. The molecule has 2 aromatic rings. The normalized spacial score (nSPS) is 12.5. The second-order valence-corrected chi connectivity index (χ2v) is 7.83. The first kappa shape index (κ1) is 28.7. The molecule has 0 saturated carbocycles. The summed E-state index contributed by atoms with van der Waals surface area (Å²) in [5.41, 5.74) is 1.63. The molecule has 0 aliphatic rings. The molecule has 1 unspecified atom stereocenters. The van der Waals surface area contributed by atoms with Crippen LogP contribution in [0.25, 0.3) is 0 Å². The predicted molar refractivity (Wildman–Crippen MR) is 137 cm³/mol. The smallest absolute Gasteiger partial charge is 0.357 e. The van der Waals surface area contributed by atoms with Crippen LogP contribution in [0, 0.1) is 0 Å². The lowest BCUT2D eigenvalue weighted by Crippen LogP contribution is -2.38. The average molecular weight is 576 g/mol. The molecule has 0 spiro atoms. The van der Waals surface area contributed by atoms with Gasteiger partial charge in [0.2, 0.25) is 0 Å². The van der Waals surface area contributed by atoms with E-state index in [0.717, 1.165) is 11.6 Å². The number of alkyl halides is 3. The van der Waals surface area contributed by atoms with Gasteiger partial charge in [0.1, 0.15) is 0 Å². The van der Waals surface area contributed by atoms with Crippen LogP contribution in [0.5, 0.6) is 0 Å². The number of carbonyl (C=O) groups is 1. The number of rotatable bonds is 8. The van der Waals surface area contributed by atoms with Crippen LogP contribution in [0.15, 0.2) is 53.5 Å². The molecule has 0 bridgehead atoms. The minimum Gasteiger partial charge on any atom is -0.357 e. The predicted octanol–water partition coefficient (Wildman–Crippen LogP) is 5.27. The molecule has 0 saturated heterocycles. The van der Waals surface area contributed by atoms with Crippen molar-refractivity contribution < 1.29 is 18.0 Å². The lowest BCUT2D eigenvalue weighted by Gasteiger charge is -2.16. The number of benzene rings is 2. The Bertz CT molecular complexity index is 915. The maximum atomic E-state index is 12.9. The highest BCUT2D eigenvalue weighted by molar-refractivity contribution is 14.0. The third-order valence-corrected chi connectivity index (χ3v) is 5.02. The Hall–Kier alpha value is -2.30. The summed E-state index contributed by atoms with van der Waals surface area (Å²) in [5, 5.41) is 6.41. The zero-order valence-electron chi connectivity index (χ0n) is 19.4. The summed E-state index contributed by atoms with van der Waals surface area (Å²) >= 11 is 0. The van der Waals surface area contributed by atoms with E-state index in [4.69, 9.17) is 0 Å². The second kappa shape index (κ2) is 13.4. The molecule has 2 N–H and O–H groups in total. The number of nitrogens with one attached hydrogen (secondary N) is 2. The molecule has 0 aliphatic carbocycles. The van der Waals surface area contributed by atoms with Crippen molar-refractivity contribution in [2.24, 2.45) is 4.99 Å². The van der Waals surface area contributed by atoms with Gasteiger partial charge in [-0.05, 0) is 48.6 Å². The Kier molecular flexibility index (Phi) is 11.7. The number of nitrogens with zero attached hydrogens (tertiary/aromatic N) is 2. The molecule has 1 atom stereocenters. The third kappa shape index (κ3) is 9.23. The maximum Gasteiger partial charge on any atom is 0.416 e. The van der Waals surface area contributed by atoms with Gasteiger partial charge in [0, 0.05) is 32.7 Å². The fourth-order valence-electron chi connectivity index (χ4n) is 3.12. The van der Waals surface area contributed by atoms with Crippen molar-refractivity contribution in [3.63, 3.8) is 0 Å². The number of halogens is 4. The maximum absolute atomic E-state index is 12.9. The Labute approximate surface area is 210 Å². The SMILES string of the molecule is CCNC(=NCc1ccc(C(=O)N(C)C)cc1)NCCC(C)c1cccc(C(F)(F)F)c1.I. The molecule has 9 heteroatoms. The second-order valence-electron chi connectivity index (χ2n) is 7.83. The first-order valence-electron chi connectivity index (χ1n) is 10.6. The number of hydrogen-bond donors (Lipinski definition) is 2. The first-order chi connectivity index (χ1) is 15.1. The number of amides is 1. The van der Waals surface area contributed by atoms with Crippen LogP contribution < -0.4 is 10.6 Å². The Balaban J connectivity index is 0.00000544. The van der Waals surface area contributed by atoms with Crippen LogP contribution in [-0.2, 0) is 12.7 Å². The minimum absolute atomic E-state index is 0. The van der Waals surface area contributed by atoms with Crippen LogP contribution in [0.2, 0.25) is 0 Å². The zero-order chi connectivity index (χ0) is 23.7. The van der Waals surface area contributed by atoms with Gasteiger partial charge in [-0.15, -0.1) is 24.0 Å². The van der Waals surface area contributed by atoms with Crippen LogP contribution >= 0.6 is 24.0 Å². The monoisotopic (exact) mass is 576 g/mol. The van der Waals surface area contributed by atoms with Gasteiger partial charge in [0.05, 0.1) is 12.1 Å². The van der Waals surface area contributed by atoms with E-state index < -0.39 is 11.7 Å². The molecule has 0 fully saturated rings. The van der Waals surface area contributed by atoms with Crippen molar-refractivity contribution in [3.05, 3.63) is 70.8 Å². The minimum atomic E-state index is -4.34. The highest BCUT2D eigenvalue weighted by Gasteiger charge is 2.30. The lowest BCUT2D eigenvalue weighted by atomic mass is 9.96. The van der Waals surface area contributed by atoms with Gasteiger partial charge >= 0.3 is 6.18 Å². The summed E-state index contributed by atoms with van der Waals surface area (Å²) in [7, 11) is 3.42. The van der Waals surface area contributed by atoms with Gasteiger partial charge in [0.15, 0.2) is 5.96 Å². The molecule has 1 amide bonds. The van der Waals surface area contributed by atoms with Gasteiger partial charge < -0.3 is 15.5 Å². The highest BCUT2D eigenvalue weighted by Crippen LogP contribution is 2.31. The topological polar surface area (TPSA) is 56.7 Å². The van der Waals surface area contributed by atoms with E-state index >= 15 is 0 Å². The lowest BCUT2D eigenvalue weighted by molar-refractivity contribution is -0.137. The summed E-state index contributed by atoms with van der Waals surface area (Å²) in [5.74, 6) is 0.552. The van der Waals surface area contributed by atoms with E-state index in [0.29, 0.717) is 43.1 Å². The van der Waals surface area contributed by atoms with E-state index in [-0.39, 0.29) is 35.8 Å². The molecular weight excluding hydrogens is 544 g/mol. The fourth-order valence-corrected chi connectivity index (χ4v) is 3.12. The molecule has 0 heterocycles. The summed E-state index contributed by atoms with van der Waals surface area (Å²) < 4.78 is 38.8. The van der Waals surface area contributed by atoms with Gasteiger partial charge in [0.25, 0.3) is 5.91 Å². The number of guanidine groups is 1. The number of aliphatic imine (C=N–C) groups is 1. The highest BCUT2D eigenvalue weighted by atomic mass is 127. The molecular formula is C24H32F3IN4O. The molecule has 0 aliphatic heterocycles. The summed E-state index contributed by atoms with van der Waals surface area (Å²) in [4.78, 5) is 18.1. The van der Waals surface area contributed by atoms with Gasteiger partial charge in [-0.25, -0.2) is 4.99 Å². The van der Waals surface area contributed by atoms with E-state index in [1.807, 2.05) is 26.0 Å². The van der Waals surface area contributed by atoms with Crippen LogP contribution in [-0.4, -0.2) is 44.0 Å². The number of hydrogen-bond acceptors (Lipinski definition) is 2. The van der Waals surface area contributed by atoms with Gasteiger partial charge in [-0.3, -0.25) is 4.79 Å². The van der Waals surface area contributed by atoms with Crippen LogP contribution in [0.3, 0.4) is 0 Å². The molecule has 0 radical (unpaired) electrons. The van der Waals surface area contributed by atoms with E-state index in [1.54, 1.807) is 32.3 Å². The van der Waals surface area contributed by atoms with Crippen molar-refractivity contribution in [3.8, 4) is 0 Å². The summed E-state index contributed by atoms with van der Waals surface area (Å²) in [6, 6.07) is 12.8. The molecule has 182 valence electrons. The summed E-state index contributed by atoms with van der Waals surface area (Å²) in [6.45, 7) is 5.57. The zero-order valence-corrected chi connectivity index (χ0v) is 21.7. The Morgan fingerprint density at radius 1 is 1.09 bits per heavy atom. The van der Waals surface area contributed by atoms with Gasteiger partial charge in [-0.1, -0.05) is 37.3 Å². The van der Waals surface area contributed by atoms with Crippen molar-refractivity contribution >= 4 is 35.8 Å². The van der Waals surface area contributed by atoms with Crippen LogP contribution in [0.1, 0.15) is 53.2 Å². The molecule has 0 aromatic heterocycles. The van der Waals surface area contributed by atoms with Crippen molar-refractivity contribution in [2.45, 2.75) is 38.9 Å². The number of carbonyl (C=O) groups excluding carboxylic acids is 1. The molecule has 2 rings (SSSR count). The Morgan fingerprint density at radius 3 is 2.33 bits per heavy atom. The molecule has 2 aromatic carbocycles. The fraction of sp³-hybridized carbons (Fsp3) is 0.417. The molecule has 33 heavy (non-hydrogen) atoms. The summed E-state index contributed by atoms with van der Waals surface area (Å²) in [6.07, 6.45) is -3.68. The van der Waals surface area contributed by atoms with Crippen LogP contribution in [0.4, 0.5) is 13.2 Å². The van der Waals surface area contributed by atoms with Crippen molar-refractivity contribution in [2.75, 3.05) is 27.2 Å². The average Bonchev–Trinajstić information content (AvgIpc) is 2.76.